The summed E-state index contributed by atoms with van der Waals surface area (Å²) in [6.07, 6.45) is 4.44. The third-order valence-electron chi connectivity index (χ3n) is 3.67. The van der Waals surface area contributed by atoms with E-state index in [9.17, 15) is 24.8 Å². The number of carbonyl (C=O) groups is 2. The first-order valence-corrected chi connectivity index (χ1v) is 6.77. The average Bonchev–Trinajstić information content (AvgIpc) is 2.95. The zero-order chi connectivity index (χ0) is 15.4. The zero-order valence-corrected chi connectivity index (χ0v) is 11.3. The molecule has 114 valence electrons. The standard InChI is InChI=1S/C13H16N2O6/c16-12(9-6-7-10(21-9)15(19)20)14-11(13(17)18)8-4-2-1-3-5-8/h6-8,11H,1-5H2,(H,14,16)(H,17,18). The van der Waals surface area contributed by atoms with Crippen LogP contribution in [0.3, 0.4) is 0 Å². The van der Waals surface area contributed by atoms with Gasteiger partial charge in [0.1, 0.15) is 11.0 Å². The minimum Gasteiger partial charge on any atom is -0.480 e. The lowest BCUT2D eigenvalue weighted by Crippen LogP contribution is -2.46. The molecule has 0 aliphatic heterocycles. The van der Waals surface area contributed by atoms with Gasteiger partial charge in [-0.1, -0.05) is 19.3 Å². The third kappa shape index (κ3) is 3.59. The second-order valence-electron chi connectivity index (χ2n) is 5.08. The Balaban J connectivity index is 2.06. The fraction of sp³-hybridized carbons (Fsp3) is 0.538. The van der Waals surface area contributed by atoms with Crippen molar-refractivity contribution in [3.63, 3.8) is 0 Å². The van der Waals surface area contributed by atoms with Gasteiger partial charge in [-0.25, -0.2) is 4.79 Å². The summed E-state index contributed by atoms with van der Waals surface area (Å²) in [4.78, 5) is 33.0. The molecule has 8 nitrogen and oxygen atoms in total. The number of nitrogens with zero attached hydrogens (tertiary/aromatic N) is 1. The van der Waals surface area contributed by atoms with E-state index in [1.807, 2.05) is 0 Å². The van der Waals surface area contributed by atoms with Gasteiger partial charge < -0.3 is 14.8 Å². The SMILES string of the molecule is O=C(NC(C(=O)O)C1CCCCC1)c1ccc([N+](=O)[O-])o1. The van der Waals surface area contributed by atoms with Crippen molar-refractivity contribution in [2.45, 2.75) is 38.1 Å². The number of carboxylic acids is 1. The molecule has 1 amide bonds. The highest BCUT2D eigenvalue weighted by Gasteiger charge is 2.32. The number of hydrogen-bond acceptors (Lipinski definition) is 5. The fourth-order valence-corrected chi connectivity index (χ4v) is 2.61. The van der Waals surface area contributed by atoms with Crippen LogP contribution in [0.15, 0.2) is 16.5 Å². The van der Waals surface area contributed by atoms with Gasteiger partial charge in [0.2, 0.25) is 0 Å². The van der Waals surface area contributed by atoms with Crippen LogP contribution in [0.2, 0.25) is 0 Å². The molecule has 0 saturated heterocycles. The minimum atomic E-state index is -1.10. The van der Waals surface area contributed by atoms with Crippen LogP contribution in [-0.2, 0) is 4.79 Å². The Morgan fingerprint density at radius 3 is 2.52 bits per heavy atom. The summed E-state index contributed by atoms with van der Waals surface area (Å²) in [5, 5.41) is 22.2. The highest BCUT2D eigenvalue weighted by molar-refractivity contribution is 5.94. The summed E-state index contributed by atoms with van der Waals surface area (Å²) in [5.74, 6) is -2.78. The van der Waals surface area contributed by atoms with Crippen LogP contribution >= 0.6 is 0 Å². The third-order valence-corrected chi connectivity index (χ3v) is 3.67. The highest BCUT2D eigenvalue weighted by Crippen LogP contribution is 2.27. The van der Waals surface area contributed by atoms with Gasteiger partial charge in [0.15, 0.2) is 5.76 Å². The molecule has 1 heterocycles. The number of nitrogens with one attached hydrogen (secondary N) is 1. The van der Waals surface area contributed by atoms with Crippen molar-refractivity contribution in [2.75, 3.05) is 0 Å². The van der Waals surface area contributed by atoms with Crippen LogP contribution in [0, 0.1) is 16.0 Å². The number of nitro groups is 1. The molecule has 2 N–H and O–H groups in total. The Morgan fingerprint density at radius 1 is 1.33 bits per heavy atom. The molecule has 1 unspecified atom stereocenters. The lowest BCUT2D eigenvalue weighted by Gasteiger charge is -2.27. The van der Waals surface area contributed by atoms with E-state index in [2.05, 4.69) is 5.32 Å². The normalized spacial score (nSPS) is 17.1. The maximum absolute atomic E-state index is 11.9. The van der Waals surface area contributed by atoms with Crippen molar-refractivity contribution in [1.82, 2.24) is 5.32 Å². The highest BCUT2D eigenvalue weighted by atomic mass is 16.6. The monoisotopic (exact) mass is 296 g/mol. The number of rotatable bonds is 5. The van der Waals surface area contributed by atoms with E-state index in [4.69, 9.17) is 4.42 Å². The molecule has 0 spiro atoms. The maximum atomic E-state index is 11.9. The fourth-order valence-electron chi connectivity index (χ4n) is 2.61. The quantitative estimate of drug-likeness (QED) is 0.632. The molecule has 0 aromatic carbocycles. The summed E-state index contributed by atoms with van der Waals surface area (Å²) in [7, 11) is 0. The molecule has 2 rings (SSSR count). The predicted octanol–water partition coefficient (Wildman–Crippen LogP) is 1.95. The minimum absolute atomic E-state index is 0.120. The number of hydrogen-bond donors (Lipinski definition) is 2. The van der Waals surface area contributed by atoms with Crippen molar-refractivity contribution in [1.29, 1.82) is 0 Å². The van der Waals surface area contributed by atoms with Crippen LogP contribution in [0.5, 0.6) is 0 Å². The number of aliphatic carboxylic acids is 1. The van der Waals surface area contributed by atoms with E-state index < -0.39 is 28.7 Å². The van der Waals surface area contributed by atoms with E-state index in [-0.39, 0.29) is 11.7 Å². The Bertz CT molecular complexity index is 547. The largest absolute Gasteiger partial charge is 0.480 e. The number of carboxylic acid groups (broad SMARTS) is 1. The van der Waals surface area contributed by atoms with Gasteiger partial charge in [-0.05, 0) is 24.8 Å². The number of carbonyl (C=O) groups excluding carboxylic acids is 1. The van der Waals surface area contributed by atoms with Crippen LogP contribution in [0.25, 0.3) is 0 Å². The van der Waals surface area contributed by atoms with Crippen molar-refractivity contribution < 1.29 is 24.0 Å². The van der Waals surface area contributed by atoms with E-state index in [1.165, 1.54) is 0 Å². The van der Waals surface area contributed by atoms with Gasteiger partial charge >= 0.3 is 11.9 Å². The lowest BCUT2D eigenvalue weighted by molar-refractivity contribution is -0.402. The lowest BCUT2D eigenvalue weighted by atomic mass is 9.84. The van der Waals surface area contributed by atoms with Gasteiger partial charge in [0.25, 0.3) is 5.91 Å². The van der Waals surface area contributed by atoms with Crippen LogP contribution in [-0.4, -0.2) is 27.9 Å². The van der Waals surface area contributed by atoms with Gasteiger partial charge in [0, 0.05) is 0 Å². The zero-order valence-electron chi connectivity index (χ0n) is 11.3. The second-order valence-corrected chi connectivity index (χ2v) is 5.08. The van der Waals surface area contributed by atoms with Crippen molar-refractivity contribution >= 4 is 17.8 Å². The molecule has 1 saturated carbocycles. The molecule has 0 bridgehead atoms. The number of furan rings is 1. The van der Waals surface area contributed by atoms with Crippen LogP contribution in [0.4, 0.5) is 5.88 Å². The molecule has 1 fully saturated rings. The first kappa shape index (κ1) is 15.0. The molecule has 21 heavy (non-hydrogen) atoms. The molecule has 0 radical (unpaired) electrons. The summed E-state index contributed by atoms with van der Waals surface area (Å²) in [5.41, 5.74) is 0. The Kier molecular flexibility index (Phi) is 4.56. The predicted molar refractivity (Wildman–Crippen MR) is 70.8 cm³/mol. The first-order chi connectivity index (χ1) is 9.99. The molecule has 1 atom stereocenters. The molecule has 1 aliphatic carbocycles. The molecule has 1 aromatic rings. The van der Waals surface area contributed by atoms with Crippen molar-refractivity contribution in [3.8, 4) is 0 Å². The van der Waals surface area contributed by atoms with E-state index >= 15 is 0 Å². The summed E-state index contributed by atoms with van der Waals surface area (Å²) in [6.45, 7) is 0. The molecule has 1 aliphatic rings. The molecule has 1 aromatic heterocycles. The Hall–Kier alpha value is -2.38. The average molecular weight is 296 g/mol. The van der Waals surface area contributed by atoms with Crippen LogP contribution in [0.1, 0.15) is 42.7 Å². The Morgan fingerprint density at radius 2 is 2.00 bits per heavy atom. The van der Waals surface area contributed by atoms with Gasteiger partial charge in [-0.2, -0.15) is 0 Å². The summed E-state index contributed by atoms with van der Waals surface area (Å²) in [6, 6.07) is 1.22. The smallest absolute Gasteiger partial charge is 0.433 e. The Labute approximate surface area is 120 Å². The van der Waals surface area contributed by atoms with Gasteiger partial charge in [-0.15, -0.1) is 0 Å². The van der Waals surface area contributed by atoms with E-state index in [0.717, 1.165) is 44.2 Å². The van der Waals surface area contributed by atoms with Crippen LogP contribution < -0.4 is 5.32 Å². The molecular weight excluding hydrogens is 280 g/mol. The topological polar surface area (TPSA) is 123 Å². The second kappa shape index (κ2) is 6.38. The van der Waals surface area contributed by atoms with Gasteiger partial charge in [-0.3, -0.25) is 14.9 Å². The number of amides is 1. The summed E-state index contributed by atoms with van der Waals surface area (Å²) >= 11 is 0. The summed E-state index contributed by atoms with van der Waals surface area (Å²) < 4.78 is 4.77. The van der Waals surface area contributed by atoms with Gasteiger partial charge in [0.05, 0.1) is 6.07 Å². The van der Waals surface area contributed by atoms with Crippen molar-refractivity contribution in [2.24, 2.45) is 5.92 Å². The van der Waals surface area contributed by atoms with E-state index in [0.29, 0.717) is 0 Å². The van der Waals surface area contributed by atoms with E-state index in [1.54, 1.807) is 0 Å². The maximum Gasteiger partial charge on any atom is 0.433 e. The molecule has 8 heteroatoms. The first-order valence-electron chi connectivity index (χ1n) is 6.77. The van der Waals surface area contributed by atoms with Crippen molar-refractivity contribution in [3.05, 3.63) is 28.0 Å². The molecular formula is C13H16N2O6.